The van der Waals surface area contributed by atoms with Crippen LogP contribution in [0.15, 0.2) is 11.4 Å². The Labute approximate surface area is 70.0 Å². The molecule has 0 aliphatic rings. The van der Waals surface area contributed by atoms with E-state index in [1.54, 1.807) is 6.07 Å². The van der Waals surface area contributed by atoms with Gasteiger partial charge in [0.05, 0.1) is 10.6 Å². The third kappa shape index (κ3) is 1.80. The van der Waals surface area contributed by atoms with Crippen LogP contribution >= 0.6 is 11.3 Å². The average molecular weight is 169 g/mol. The molecule has 0 radical (unpaired) electrons. The van der Waals surface area contributed by atoms with E-state index in [1.807, 2.05) is 12.3 Å². The zero-order valence-corrected chi connectivity index (χ0v) is 7.28. The highest BCUT2D eigenvalue weighted by molar-refractivity contribution is 7.12. The first-order valence-corrected chi connectivity index (χ1v) is 4.49. The molecular weight excluding hydrogens is 158 g/mol. The fourth-order valence-corrected chi connectivity index (χ4v) is 1.67. The van der Waals surface area contributed by atoms with Crippen LogP contribution in [0.5, 0.6) is 0 Å². The van der Waals surface area contributed by atoms with Crippen LogP contribution in [-0.4, -0.2) is 5.78 Å². The van der Waals surface area contributed by atoms with Crippen LogP contribution in [0.3, 0.4) is 0 Å². The molecular formula is C8H11NOS. The molecule has 0 saturated carbocycles. The Morgan fingerprint density at radius 3 is 2.91 bits per heavy atom. The molecule has 3 heteroatoms. The Bertz CT molecular complexity index is 254. The van der Waals surface area contributed by atoms with E-state index >= 15 is 0 Å². The highest BCUT2D eigenvalue weighted by atomic mass is 32.1. The molecule has 0 aromatic carbocycles. The lowest BCUT2D eigenvalue weighted by atomic mass is 10.2. The zero-order chi connectivity index (χ0) is 8.27. The molecule has 2 N–H and O–H groups in total. The van der Waals surface area contributed by atoms with Gasteiger partial charge < -0.3 is 5.73 Å². The van der Waals surface area contributed by atoms with Gasteiger partial charge in [-0.3, -0.25) is 4.79 Å². The SMILES string of the molecule is CCCC(=O)c1sccc1N. The molecule has 0 saturated heterocycles. The molecule has 0 aliphatic carbocycles. The molecule has 1 aromatic heterocycles. The minimum atomic E-state index is 0.167. The molecule has 1 heterocycles. The number of carbonyl (C=O) groups is 1. The summed E-state index contributed by atoms with van der Waals surface area (Å²) in [6.45, 7) is 1.99. The van der Waals surface area contributed by atoms with Crippen LogP contribution in [-0.2, 0) is 0 Å². The second-order valence-electron chi connectivity index (χ2n) is 2.38. The van der Waals surface area contributed by atoms with Gasteiger partial charge in [0.25, 0.3) is 0 Å². The third-order valence-electron chi connectivity index (χ3n) is 1.43. The Morgan fingerprint density at radius 1 is 1.73 bits per heavy atom. The molecule has 0 bridgehead atoms. The van der Waals surface area contributed by atoms with Gasteiger partial charge in [0, 0.05) is 6.42 Å². The summed E-state index contributed by atoms with van der Waals surface area (Å²) in [6, 6.07) is 1.77. The predicted molar refractivity (Wildman–Crippen MR) is 48.0 cm³/mol. The first-order valence-electron chi connectivity index (χ1n) is 3.62. The van der Waals surface area contributed by atoms with Crippen molar-refractivity contribution >= 4 is 22.8 Å². The number of hydrogen-bond acceptors (Lipinski definition) is 3. The lowest BCUT2D eigenvalue weighted by molar-refractivity contribution is 0.0986. The number of Topliss-reactive ketones (excluding diaryl/α,β-unsaturated/α-hetero) is 1. The van der Waals surface area contributed by atoms with Crippen molar-refractivity contribution in [3.63, 3.8) is 0 Å². The van der Waals surface area contributed by atoms with Crippen LogP contribution in [0.2, 0.25) is 0 Å². The number of thiophene rings is 1. The number of nitrogens with two attached hydrogens (primary N) is 1. The van der Waals surface area contributed by atoms with Gasteiger partial charge in [0.1, 0.15) is 0 Å². The van der Waals surface area contributed by atoms with Crippen LogP contribution in [0, 0.1) is 0 Å². The van der Waals surface area contributed by atoms with E-state index in [2.05, 4.69) is 0 Å². The van der Waals surface area contributed by atoms with E-state index in [1.165, 1.54) is 11.3 Å². The van der Waals surface area contributed by atoms with Crippen LogP contribution in [0.1, 0.15) is 29.4 Å². The van der Waals surface area contributed by atoms with Gasteiger partial charge in [-0.15, -0.1) is 11.3 Å². The number of rotatable bonds is 3. The summed E-state index contributed by atoms with van der Waals surface area (Å²) < 4.78 is 0. The lowest BCUT2D eigenvalue weighted by Gasteiger charge is -1.94. The number of hydrogen-bond donors (Lipinski definition) is 1. The number of carbonyl (C=O) groups excluding carboxylic acids is 1. The van der Waals surface area contributed by atoms with Crippen molar-refractivity contribution in [1.29, 1.82) is 0 Å². The van der Waals surface area contributed by atoms with Gasteiger partial charge in [0.15, 0.2) is 5.78 Å². The molecule has 11 heavy (non-hydrogen) atoms. The van der Waals surface area contributed by atoms with E-state index in [4.69, 9.17) is 5.73 Å². The van der Waals surface area contributed by atoms with E-state index in [0.717, 1.165) is 6.42 Å². The van der Waals surface area contributed by atoms with E-state index in [-0.39, 0.29) is 5.78 Å². The summed E-state index contributed by atoms with van der Waals surface area (Å²) in [4.78, 5) is 12.0. The summed E-state index contributed by atoms with van der Waals surface area (Å²) in [7, 11) is 0. The van der Waals surface area contributed by atoms with Crippen molar-refractivity contribution in [3.05, 3.63) is 16.3 Å². The first-order chi connectivity index (χ1) is 5.25. The quantitative estimate of drug-likeness (QED) is 0.705. The first kappa shape index (κ1) is 8.27. The molecule has 0 atom stereocenters. The topological polar surface area (TPSA) is 43.1 Å². The summed E-state index contributed by atoms with van der Waals surface area (Å²) in [5, 5.41) is 1.85. The minimum absolute atomic E-state index is 0.167. The summed E-state index contributed by atoms with van der Waals surface area (Å²) >= 11 is 1.42. The molecule has 60 valence electrons. The zero-order valence-electron chi connectivity index (χ0n) is 6.46. The van der Waals surface area contributed by atoms with Gasteiger partial charge in [-0.2, -0.15) is 0 Å². The van der Waals surface area contributed by atoms with Crippen molar-refractivity contribution in [2.24, 2.45) is 0 Å². The summed E-state index contributed by atoms with van der Waals surface area (Å²) in [5.74, 6) is 0.167. The van der Waals surface area contributed by atoms with Crippen molar-refractivity contribution in [2.45, 2.75) is 19.8 Å². The molecule has 0 aliphatic heterocycles. The lowest BCUT2D eigenvalue weighted by Crippen LogP contribution is -1.98. The van der Waals surface area contributed by atoms with Gasteiger partial charge in [-0.05, 0) is 17.9 Å². The van der Waals surface area contributed by atoms with E-state index in [0.29, 0.717) is 17.0 Å². The molecule has 0 amide bonds. The second-order valence-corrected chi connectivity index (χ2v) is 3.29. The fraction of sp³-hybridized carbons (Fsp3) is 0.375. The molecule has 1 rings (SSSR count). The Balaban J connectivity index is 2.76. The molecule has 0 unspecified atom stereocenters. The van der Waals surface area contributed by atoms with Crippen LogP contribution in [0.25, 0.3) is 0 Å². The Kier molecular flexibility index (Phi) is 2.65. The molecule has 2 nitrogen and oxygen atoms in total. The van der Waals surface area contributed by atoms with Crippen molar-refractivity contribution in [1.82, 2.24) is 0 Å². The summed E-state index contributed by atoms with van der Waals surface area (Å²) in [6.07, 6.45) is 1.49. The molecule has 0 fully saturated rings. The maximum Gasteiger partial charge on any atom is 0.174 e. The van der Waals surface area contributed by atoms with Crippen LogP contribution in [0.4, 0.5) is 5.69 Å². The van der Waals surface area contributed by atoms with Gasteiger partial charge in [-0.25, -0.2) is 0 Å². The monoisotopic (exact) mass is 169 g/mol. The highest BCUT2D eigenvalue weighted by Gasteiger charge is 2.08. The normalized spacial score (nSPS) is 9.91. The Hall–Kier alpha value is -0.830. The summed E-state index contributed by atoms with van der Waals surface area (Å²) in [5.41, 5.74) is 6.18. The standard InChI is InChI=1S/C8H11NOS/c1-2-3-7(10)8-6(9)4-5-11-8/h4-5H,2-3,9H2,1H3. The Morgan fingerprint density at radius 2 is 2.45 bits per heavy atom. The van der Waals surface area contributed by atoms with Crippen molar-refractivity contribution in [2.75, 3.05) is 5.73 Å². The smallest absolute Gasteiger partial charge is 0.174 e. The maximum atomic E-state index is 11.3. The number of ketones is 1. The van der Waals surface area contributed by atoms with Gasteiger partial charge >= 0.3 is 0 Å². The van der Waals surface area contributed by atoms with Gasteiger partial charge in [-0.1, -0.05) is 6.92 Å². The molecule has 0 spiro atoms. The van der Waals surface area contributed by atoms with Crippen molar-refractivity contribution in [3.8, 4) is 0 Å². The maximum absolute atomic E-state index is 11.3. The molecule has 1 aromatic rings. The van der Waals surface area contributed by atoms with E-state index < -0.39 is 0 Å². The van der Waals surface area contributed by atoms with E-state index in [9.17, 15) is 4.79 Å². The average Bonchev–Trinajstić information content (AvgIpc) is 2.36. The van der Waals surface area contributed by atoms with Crippen molar-refractivity contribution < 1.29 is 4.79 Å². The number of nitrogen functional groups attached to an aromatic ring is 1. The largest absolute Gasteiger partial charge is 0.397 e. The highest BCUT2D eigenvalue weighted by Crippen LogP contribution is 2.20. The second kappa shape index (κ2) is 3.53. The number of anilines is 1. The van der Waals surface area contributed by atoms with Crippen LogP contribution < -0.4 is 5.73 Å². The fourth-order valence-electron chi connectivity index (χ4n) is 0.886. The van der Waals surface area contributed by atoms with Gasteiger partial charge in [0.2, 0.25) is 0 Å². The predicted octanol–water partition coefficient (Wildman–Crippen LogP) is 2.31. The third-order valence-corrected chi connectivity index (χ3v) is 2.40. The minimum Gasteiger partial charge on any atom is -0.397 e.